The maximum atomic E-state index is 13.1. The molecule has 1 N–H and O–H groups in total. The van der Waals surface area contributed by atoms with Crippen molar-refractivity contribution in [1.29, 1.82) is 0 Å². The number of amides is 4. The van der Waals surface area contributed by atoms with Crippen molar-refractivity contribution in [3.8, 4) is 11.3 Å². The Bertz CT molecular complexity index is 1390. The second-order valence-corrected chi connectivity index (χ2v) is 8.47. The van der Waals surface area contributed by atoms with Crippen molar-refractivity contribution in [2.75, 3.05) is 12.0 Å². The summed E-state index contributed by atoms with van der Waals surface area (Å²) in [5.74, 6) is -1.39. The molecule has 1 aromatic heterocycles. The van der Waals surface area contributed by atoms with Crippen LogP contribution in [0.2, 0.25) is 0 Å². The first kappa shape index (κ1) is 23.2. The van der Waals surface area contributed by atoms with E-state index in [2.05, 4.69) is 21.2 Å². The number of furan rings is 1. The Morgan fingerprint density at radius 1 is 1.03 bits per heavy atom. The second kappa shape index (κ2) is 9.11. The molecule has 3 aromatic rings. The number of carbonyl (C=O) groups excluding carboxylic acids is 4. The minimum absolute atomic E-state index is 0.234. The Morgan fingerprint density at radius 3 is 2.50 bits per heavy atom. The lowest BCUT2D eigenvalue weighted by molar-refractivity contribution is -0.122. The average molecular weight is 523 g/mol. The van der Waals surface area contributed by atoms with Crippen LogP contribution in [0.3, 0.4) is 0 Å². The van der Waals surface area contributed by atoms with E-state index in [-0.39, 0.29) is 11.3 Å². The number of hydrogen-bond donors (Lipinski definition) is 1. The van der Waals surface area contributed by atoms with Crippen LogP contribution in [-0.2, 0) is 14.3 Å². The Balaban J connectivity index is 1.69. The van der Waals surface area contributed by atoms with Gasteiger partial charge in [-0.25, -0.2) is 14.5 Å². The van der Waals surface area contributed by atoms with Crippen molar-refractivity contribution in [3.05, 3.63) is 81.0 Å². The maximum absolute atomic E-state index is 13.1. The van der Waals surface area contributed by atoms with Gasteiger partial charge in [-0.05, 0) is 73.5 Å². The summed E-state index contributed by atoms with van der Waals surface area (Å²) in [4.78, 5) is 50.8. The molecule has 0 atom stereocenters. The molecule has 2 heterocycles. The summed E-state index contributed by atoms with van der Waals surface area (Å²) in [6.45, 7) is 3.68. The van der Waals surface area contributed by atoms with Gasteiger partial charge >= 0.3 is 12.0 Å². The van der Waals surface area contributed by atoms with Gasteiger partial charge in [0.1, 0.15) is 17.1 Å². The summed E-state index contributed by atoms with van der Waals surface area (Å²) >= 11 is 3.38. The first-order chi connectivity index (χ1) is 16.2. The van der Waals surface area contributed by atoms with Gasteiger partial charge in [0, 0.05) is 10.0 Å². The number of aryl methyl sites for hydroxylation is 2. The largest absolute Gasteiger partial charge is 0.465 e. The quantitative estimate of drug-likeness (QED) is 0.300. The number of benzene rings is 2. The number of methoxy groups -OCH3 is 1. The Hall–Kier alpha value is -3.98. The lowest BCUT2D eigenvalue weighted by Crippen LogP contribution is -2.54. The number of halogens is 1. The number of rotatable bonds is 4. The van der Waals surface area contributed by atoms with Gasteiger partial charge in [0.15, 0.2) is 0 Å². The Labute approximate surface area is 203 Å². The molecule has 0 unspecified atom stereocenters. The summed E-state index contributed by atoms with van der Waals surface area (Å²) in [6.07, 6.45) is 1.28. The highest BCUT2D eigenvalue weighted by Crippen LogP contribution is 2.30. The van der Waals surface area contributed by atoms with Crippen molar-refractivity contribution < 1.29 is 28.3 Å². The van der Waals surface area contributed by atoms with Crippen LogP contribution in [0.25, 0.3) is 17.4 Å². The Kier molecular flexibility index (Phi) is 6.21. The lowest BCUT2D eigenvalue weighted by atomic mass is 10.0. The highest BCUT2D eigenvalue weighted by molar-refractivity contribution is 9.10. The molecule has 2 aromatic carbocycles. The molecule has 8 nitrogen and oxygen atoms in total. The number of barbiturate groups is 1. The van der Waals surface area contributed by atoms with Crippen molar-refractivity contribution in [2.45, 2.75) is 13.8 Å². The molecule has 4 rings (SSSR count). The van der Waals surface area contributed by atoms with Crippen LogP contribution in [0.5, 0.6) is 0 Å². The molecular formula is C25H19BrN2O6. The molecule has 0 aliphatic carbocycles. The molecule has 0 saturated carbocycles. The van der Waals surface area contributed by atoms with Crippen LogP contribution in [0.15, 0.2) is 63.0 Å². The molecule has 1 saturated heterocycles. The van der Waals surface area contributed by atoms with Crippen LogP contribution in [0.4, 0.5) is 10.5 Å². The number of nitrogens with zero attached hydrogens (tertiary/aromatic N) is 1. The molecule has 0 bridgehead atoms. The van der Waals surface area contributed by atoms with Gasteiger partial charge in [0.25, 0.3) is 11.8 Å². The number of anilines is 1. The number of esters is 1. The summed E-state index contributed by atoms with van der Waals surface area (Å²) < 4.78 is 11.4. The van der Waals surface area contributed by atoms with E-state index in [1.807, 2.05) is 13.8 Å². The fourth-order valence-electron chi connectivity index (χ4n) is 3.51. The van der Waals surface area contributed by atoms with Gasteiger partial charge in [0.05, 0.1) is 18.4 Å². The normalized spacial score (nSPS) is 15.0. The zero-order valence-corrected chi connectivity index (χ0v) is 20.1. The molecule has 0 radical (unpaired) electrons. The molecule has 1 aliphatic heterocycles. The van der Waals surface area contributed by atoms with Gasteiger partial charge in [-0.2, -0.15) is 0 Å². The highest BCUT2D eigenvalue weighted by Gasteiger charge is 2.37. The third-order valence-electron chi connectivity index (χ3n) is 5.34. The Morgan fingerprint density at radius 2 is 1.79 bits per heavy atom. The van der Waals surface area contributed by atoms with E-state index in [9.17, 15) is 19.2 Å². The first-order valence-corrected chi connectivity index (χ1v) is 11.0. The van der Waals surface area contributed by atoms with E-state index in [0.29, 0.717) is 22.6 Å². The number of ether oxygens (including phenoxy) is 1. The summed E-state index contributed by atoms with van der Waals surface area (Å²) in [7, 11) is 1.30. The predicted molar refractivity (Wildman–Crippen MR) is 128 cm³/mol. The van der Waals surface area contributed by atoms with Gasteiger partial charge in [-0.1, -0.05) is 22.0 Å². The lowest BCUT2D eigenvalue weighted by Gasteiger charge is -2.26. The third-order valence-corrected chi connectivity index (χ3v) is 6.23. The van der Waals surface area contributed by atoms with Crippen LogP contribution < -0.4 is 10.2 Å². The molecule has 1 fully saturated rings. The summed E-state index contributed by atoms with van der Waals surface area (Å²) in [5.41, 5.74) is 2.78. The van der Waals surface area contributed by atoms with E-state index >= 15 is 0 Å². The SMILES string of the molecule is COC(=O)c1ccc(C)c(-c2ccc(/C=C3\C(=O)NC(=O)N(c4ccc(Br)c(C)c4)C3=O)o2)c1. The number of nitrogens with one attached hydrogen (secondary N) is 1. The van der Waals surface area contributed by atoms with Crippen molar-refractivity contribution in [1.82, 2.24) is 5.32 Å². The minimum Gasteiger partial charge on any atom is -0.465 e. The minimum atomic E-state index is -0.829. The molecule has 172 valence electrons. The molecule has 34 heavy (non-hydrogen) atoms. The van der Waals surface area contributed by atoms with E-state index < -0.39 is 23.8 Å². The van der Waals surface area contributed by atoms with Crippen LogP contribution in [-0.4, -0.2) is 30.9 Å². The zero-order chi connectivity index (χ0) is 24.6. The summed E-state index contributed by atoms with van der Waals surface area (Å²) in [5, 5.41) is 2.19. The fraction of sp³-hybridized carbons (Fsp3) is 0.120. The second-order valence-electron chi connectivity index (χ2n) is 7.61. The molecule has 9 heteroatoms. The van der Waals surface area contributed by atoms with E-state index in [0.717, 1.165) is 20.5 Å². The topological polar surface area (TPSA) is 106 Å². The maximum Gasteiger partial charge on any atom is 0.337 e. The van der Waals surface area contributed by atoms with Gasteiger partial charge in [0.2, 0.25) is 0 Å². The van der Waals surface area contributed by atoms with Gasteiger partial charge < -0.3 is 9.15 Å². The highest BCUT2D eigenvalue weighted by atomic mass is 79.9. The number of carbonyl (C=O) groups is 4. The monoisotopic (exact) mass is 522 g/mol. The molecular weight excluding hydrogens is 504 g/mol. The number of hydrogen-bond acceptors (Lipinski definition) is 6. The number of urea groups is 1. The third kappa shape index (κ3) is 4.29. The van der Waals surface area contributed by atoms with Crippen LogP contribution in [0, 0.1) is 13.8 Å². The van der Waals surface area contributed by atoms with Gasteiger partial charge in [-0.3, -0.25) is 14.9 Å². The first-order valence-electron chi connectivity index (χ1n) is 10.2. The summed E-state index contributed by atoms with van der Waals surface area (Å²) in [6, 6.07) is 12.5. The van der Waals surface area contributed by atoms with Crippen LogP contribution in [0.1, 0.15) is 27.2 Å². The van der Waals surface area contributed by atoms with Crippen molar-refractivity contribution in [3.63, 3.8) is 0 Å². The average Bonchev–Trinajstić information content (AvgIpc) is 3.27. The molecule has 0 spiro atoms. The molecule has 4 amide bonds. The fourth-order valence-corrected chi connectivity index (χ4v) is 3.76. The molecule has 1 aliphatic rings. The zero-order valence-electron chi connectivity index (χ0n) is 18.5. The van der Waals surface area contributed by atoms with Gasteiger partial charge in [-0.15, -0.1) is 0 Å². The van der Waals surface area contributed by atoms with Crippen molar-refractivity contribution >= 4 is 51.5 Å². The van der Waals surface area contributed by atoms with Crippen molar-refractivity contribution in [2.24, 2.45) is 0 Å². The standard InChI is InChI=1S/C25H19BrN2O6/c1-13-4-5-15(24(31)33-3)11-18(13)21-9-7-17(34-21)12-19-22(29)27-25(32)28(23(19)30)16-6-8-20(26)14(2)10-16/h4-12H,1-3H3,(H,27,29,32)/b19-12+. The smallest absolute Gasteiger partial charge is 0.337 e. The van der Waals surface area contributed by atoms with Crippen LogP contribution >= 0.6 is 15.9 Å². The van der Waals surface area contributed by atoms with E-state index in [1.54, 1.807) is 48.5 Å². The predicted octanol–water partition coefficient (Wildman–Crippen LogP) is 4.78. The van der Waals surface area contributed by atoms with E-state index in [1.165, 1.54) is 13.2 Å². The van der Waals surface area contributed by atoms with E-state index in [4.69, 9.17) is 9.15 Å². The number of imide groups is 2.